The average molecular weight is 258 g/mol. The molecule has 0 saturated carbocycles. The fourth-order valence-corrected chi connectivity index (χ4v) is 1.99. The zero-order valence-corrected chi connectivity index (χ0v) is 10.6. The maximum absolute atomic E-state index is 5.74. The van der Waals surface area contributed by atoms with Gasteiger partial charge in [-0.25, -0.2) is 0 Å². The lowest BCUT2D eigenvalue weighted by Crippen LogP contribution is -2.11. The molecule has 1 aromatic heterocycles. The smallest absolute Gasteiger partial charge is 0.180 e. The Hall–Kier alpha value is -2.07. The van der Waals surface area contributed by atoms with Crippen molar-refractivity contribution in [2.45, 2.75) is 0 Å². The number of hydrogen-bond donors (Lipinski definition) is 1. The van der Waals surface area contributed by atoms with Crippen LogP contribution in [0.2, 0.25) is 0 Å². The van der Waals surface area contributed by atoms with Crippen LogP contribution >= 0.6 is 11.3 Å². The quantitative estimate of drug-likeness (QED) is 0.388. The Morgan fingerprint density at radius 2 is 2.06 bits per heavy atom. The molecule has 0 bridgehead atoms. The number of nitrogens with zero attached hydrogens (tertiary/aromatic N) is 1. The highest BCUT2D eigenvalue weighted by atomic mass is 32.1. The Bertz CT molecular complexity index is 518. The predicted molar refractivity (Wildman–Crippen MR) is 76.5 cm³/mol. The van der Waals surface area contributed by atoms with E-state index in [1.54, 1.807) is 0 Å². The summed E-state index contributed by atoms with van der Waals surface area (Å²) >= 11 is 1.54. The van der Waals surface area contributed by atoms with Gasteiger partial charge in [0.25, 0.3) is 0 Å². The summed E-state index contributed by atoms with van der Waals surface area (Å²) in [5.74, 6) is 0.415. The molecule has 18 heavy (non-hydrogen) atoms. The fraction of sp³-hybridized carbons (Fsp3) is 0.0714. The lowest BCUT2D eigenvalue weighted by Gasteiger charge is -1.97. The number of nitrogens with two attached hydrogens (primary N) is 1. The second-order valence-electron chi connectivity index (χ2n) is 3.56. The van der Waals surface area contributed by atoms with Gasteiger partial charge >= 0.3 is 0 Å². The summed E-state index contributed by atoms with van der Waals surface area (Å²) in [4.78, 5) is 6.04. The molecule has 2 N–H and O–H groups in total. The van der Waals surface area contributed by atoms with Crippen LogP contribution in [0.1, 0.15) is 10.4 Å². The molecule has 2 aromatic rings. The minimum absolute atomic E-state index is 0.404. The molecule has 0 atom stereocenters. The van der Waals surface area contributed by atoms with E-state index in [1.807, 2.05) is 60.0 Å². The molecule has 1 heterocycles. The number of rotatable bonds is 5. The Kier molecular flexibility index (Phi) is 4.55. The van der Waals surface area contributed by atoms with Gasteiger partial charge in [-0.3, -0.25) is 0 Å². The molecule has 0 fully saturated rings. The molecule has 3 nitrogen and oxygen atoms in total. The van der Waals surface area contributed by atoms with Crippen LogP contribution in [0, 0.1) is 0 Å². The summed E-state index contributed by atoms with van der Waals surface area (Å²) in [7, 11) is 0. The third-order valence-corrected chi connectivity index (χ3v) is 3.11. The fourth-order valence-electron chi connectivity index (χ4n) is 1.37. The zero-order valence-electron chi connectivity index (χ0n) is 9.82. The Morgan fingerprint density at radius 3 is 2.78 bits per heavy atom. The third kappa shape index (κ3) is 3.75. The van der Waals surface area contributed by atoms with Crippen LogP contribution in [0.15, 0.2) is 59.1 Å². The molecule has 0 amide bonds. The van der Waals surface area contributed by atoms with Gasteiger partial charge in [-0.05, 0) is 23.1 Å². The van der Waals surface area contributed by atoms with E-state index in [2.05, 4.69) is 5.16 Å². The molecular weight excluding hydrogens is 244 g/mol. The first-order valence-corrected chi connectivity index (χ1v) is 6.45. The van der Waals surface area contributed by atoms with Crippen molar-refractivity contribution in [3.05, 3.63) is 64.4 Å². The van der Waals surface area contributed by atoms with Crippen LogP contribution in [-0.4, -0.2) is 12.4 Å². The Balaban J connectivity index is 1.79. The molecule has 0 saturated heterocycles. The number of amidine groups is 1. The highest BCUT2D eigenvalue weighted by molar-refractivity contribution is 7.12. The Morgan fingerprint density at radius 1 is 1.22 bits per heavy atom. The van der Waals surface area contributed by atoms with Gasteiger partial charge in [0.2, 0.25) is 0 Å². The molecular formula is C14H14N2OS. The first-order valence-electron chi connectivity index (χ1n) is 5.57. The summed E-state index contributed by atoms with van der Waals surface area (Å²) < 4.78 is 0. The van der Waals surface area contributed by atoms with Crippen LogP contribution in [0.5, 0.6) is 0 Å². The van der Waals surface area contributed by atoms with Gasteiger partial charge in [0.15, 0.2) is 5.84 Å². The van der Waals surface area contributed by atoms with Crippen LogP contribution in [0.25, 0.3) is 6.08 Å². The molecule has 92 valence electrons. The van der Waals surface area contributed by atoms with Gasteiger partial charge in [0.05, 0.1) is 4.88 Å². The van der Waals surface area contributed by atoms with Crippen molar-refractivity contribution in [1.82, 2.24) is 0 Å². The molecule has 0 aliphatic heterocycles. The first kappa shape index (κ1) is 12.4. The van der Waals surface area contributed by atoms with Crippen molar-refractivity contribution in [3.8, 4) is 0 Å². The second-order valence-corrected chi connectivity index (χ2v) is 4.51. The van der Waals surface area contributed by atoms with Crippen LogP contribution in [0.4, 0.5) is 0 Å². The minimum atomic E-state index is 0.404. The van der Waals surface area contributed by atoms with Crippen LogP contribution in [0.3, 0.4) is 0 Å². The van der Waals surface area contributed by atoms with Crippen molar-refractivity contribution in [3.63, 3.8) is 0 Å². The lowest BCUT2D eigenvalue weighted by molar-refractivity contribution is 0.175. The maximum Gasteiger partial charge on any atom is 0.180 e. The number of benzene rings is 1. The van der Waals surface area contributed by atoms with E-state index in [9.17, 15) is 0 Å². The van der Waals surface area contributed by atoms with Crippen LogP contribution < -0.4 is 5.73 Å². The van der Waals surface area contributed by atoms with Gasteiger partial charge in [-0.2, -0.15) is 0 Å². The second kappa shape index (κ2) is 6.61. The van der Waals surface area contributed by atoms with Gasteiger partial charge < -0.3 is 10.6 Å². The molecule has 0 unspecified atom stereocenters. The molecule has 0 radical (unpaired) electrons. The van der Waals surface area contributed by atoms with Gasteiger partial charge in [-0.15, -0.1) is 11.3 Å². The third-order valence-electron chi connectivity index (χ3n) is 2.22. The highest BCUT2D eigenvalue weighted by Crippen LogP contribution is 2.07. The molecule has 0 spiro atoms. The summed E-state index contributed by atoms with van der Waals surface area (Å²) in [6, 6.07) is 13.9. The predicted octanol–water partition coefficient (Wildman–Crippen LogP) is 3.10. The summed E-state index contributed by atoms with van der Waals surface area (Å²) in [6.45, 7) is 0.404. The first-order chi connectivity index (χ1) is 8.86. The summed E-state index contributed by atoms with van der Waals surface area (Å²) in [5.41, 5.74) is 6.88. The molecule has 4 heteroatoms. The number of oxime groups is 1. The minimum Gasteiger partial charge on any atom is -0.390 e. The van der Waals surface area contributed by atoms with E-state index in [4.69, 9.17) is 10.6 Å². The van der Waals surface area contributed by atoms with E-state index in [0.717, 1.165) is 10.4 Å². The van der Waals surface area contributed by atoms with E-state index in [-0.39, 0.29) is 0 Å². The van der Waals surface area contributed by atoms with Crippen molar-refractivity contribution in [2.24, 2.45) is 10.9 Å². The van der Waals surface area contributed by atoms with E-state index in [1.165, 1.54) is 11.3 Å². The van der Waals surface area contributed by atoms with Gasteiger partial charge in [-0.1, -0.05) is 47.6 Å². The largest absolute Gasteiger partial charge is 0.390 e. The van der Waals surface area contributed by atoms with Crippen molar-refractivity contribution in [1.29, 1.82) is 0 Å². The van der Waals surface area contributed by atoms with Gasteiger partial charge in [0, 0.05) is 0 Å². The lowest BCUT2D eigenvalue weighted by atomic mass is 10.2. The molecule has 1 aromatic carbocycles. The molecule has 0 aliphatic rings. The van der Waals surface area contributed by atoms with E-state index >= 15 is 0 Å². The standard InChI is InChI=1S/C14H14N2OS/c15-14(13-9-5-11-18-13)16-17-10-4-8-12-6-2-1-3-7-12/h1-9,11H,10H2,(H2,15,16)/b8-4+. The van der Waals surface area contributed by atoms with Crippen molar-refractivity contribution >= 4 is 23.2 Å². The average Bonchev–Trinajstić information content (AvgIpc) is 2.93. The van der Waals surface area contributed by atoms with Crippen molar-refractivity contribution in [2.75, 3.05) is 6.61 Å². The number of hydrogen-bond acceptors (Lipinski definition) is 3. The summed E-state index contributed by atoms with van der Waals surface area (Å²) in [5, 5.41) is 5.80. The maximum atomic E-state index is 5.74. The number of thiophene rings is 1. The summed E-state index contributed by atoms with van der Waals surface area (Å²) in [6.07, 6.45) is 3.89. The SMILES string of the molecule is N/C(=N/OC/C=C/c1ccccc1)c1cccs1. The van der Waals surface area contributed by atoms with Crippen LogP contribution in [-0.2, 0) is 4.84 Å². The molecule has 0 aliphatic carbocycles. The normalized spacial score (nSPS) is 11.9. The van der Waals surface area contributed by atoms with Crippen molar-refractivity contribution < 1.29 is 4.84 Å². The Labute approximate surface area is 110 Å². The highest BCUT2D eigenvalue weighted by Gasteiger charge is 1.97. The van der Waals surface area contributed by atoms with E-state index in [0.29, 0.717) is 12.4 Å². The molecule has 2 rings (SSSR count). The van der Waals surface area contributed by atoms with Gasteiger partial charge in [0.1, 0.15) is 6.61 Å². The van der Waals surface area contributed by atoms with E-state index < -0.39 is 0 Å². The monoisotopic (exact) mass is 258 g/mol. The zero-order chi connectivity index (χ0) is 12.6. The topological polar surface area (TPSA) is 47.6 Å².